The van der Waals surface area contributed by atoms with E-state index >= 15 is 0 Å². The third kappa shape index (κ3) is 3.86. The molecule has 0 fully saturated rings. The van der Waals surface area contributed by atoms with Crippen LogP contribution in [0.2, 0.25) is 0 Å². The van der Waals surface area contributed by atoms with Crippen LogP contribution in [0.1, 0.15) is 89.5 Å². The van der Waals surface area contributed by atoms with Gasteiger partial charge in [-0.15, -0.1) is 0 Å². The Morgan fingerprint density at radius 3 is 2.07 bits per heavy atom. The number of benzene rings is 5. The molecule has 1 spiro atoms. The summed E-state index contributed by atoms with van der Waals surface area (Å²) in [6, 6.07) is 32.0. The molecule has 3 aliphatic rings. The number of allylic oxidation sites excluding steroid dienone is 3. The summed E-state index contributed by atoms with van der Waals surface area (Å²) in [5, 5.41) is 5.37. The molecule has 45 heavy (non-hydrogen) atoms. The van der Waals surface area contributed by atoms with E-state index in [2.05, 4.69) is 139 Å². The maximum absolute atomic E-state index is 7.52. The lowest BCUT2D eigenvalue weighted by Gasteiger charge is -2.39. The van der Waals surface area contributed by atoms with Crippen LogP contribution in [0.4, 0.5) is 0 Å². The van der Waals surface area contributed by atoms with Crippen molar-refractivity contribution in [3.05, 3.63) is 131 Å². The monoisotopic (exact) mass is 588 g/mol. The van der Waals surface area contributed by atoms with Crippen LogP contribution in [-0.2, 0) is 15.8 Å². The lowest BCUT2D eigenvalue weighted by molar-refractivity contribution is 0.0536. The first-order valence-corrected chi connectivity index (χ1v) is 17.2. The Kier molecular flexibility index (Phi) is 6.44. The number of rotatable bonds is 7. The molecule has 0 aromatic heterocycles. The van der Waals surface area contributed by atoms with E-state index in [1.165, 1.54) is 71.6 Å². The van der Waals surface area contributed by atoms with Gasteiger partial charge in [-0.3, -0.25) is 0 Å². The lowest BCUT2D eigenvalue weighted by Crippen LogP contribution is -2.32. The molecular formula is C44H44O. The van der Waals surface area contributed by atoms with E-state index in [1.807, 2.05) is 0 Å². The van der Waals surface area contributed by atoms with Crippen LogP contribution in [0.15, 0.2) is 108 Å². The van der Waals surface area contributed by atoms with Crippen molar-refractivity contribution in [2.75, 3.05) is 0 Å². The summed E-state index contributed by atoms with van der Waals surface area (Å²) in [6.07, 6.45) is 9.36. The Labute approximate surface area is 268 Å². The fraction of sp³-hybridized carbons (Fsp3) is 0.318. The van der Waals surface area contributed by atoms with Crippen molar-refractivity contribution in [3.63, 3.8) is 0 Å². The summed E-state index contributed by atoms with van der Waals surface area (Å²) in [5.41, 5.74) is 11.4. The maximum atomic E-state index is 7.52. The summed E-state index contributed by atoms with van der Waals surface area (Å²) in [6.45, 7) is 14.2. The maximum Gasteiger partial charge on any atom is 0.179 e. The summed E-state index contributed by atoms with van der Waals surface area (Å²) in [5.74, 6) is 2.07. The lowest BCUT2D eigenvalue weighted by atomic mass is 9.66. The zero-order valence-electron chi connectivity index (χ0n) is 27.6. The van der Waals surface area contributed by atoms with Gasteiger partial charge < -0.3 is 4.74 Å². The SMILES string of the molecule is CCC(CC)C1=CC2(OC(C(CC)CC)=C1)c1cc3ccccc3c3c1-c1c2ccc2cc(-c4ccccc4)cc(c12)C3(C)C. The van der Waals surface area contributed by atoms with Gasteiger partial charge in [-0.25, -0.2) is 0 Å². The van der Waals surface area contributed by atoms with E-state index in [0.717, 1.165) is 31.4 Å². The van der Waals surface area contributed by atoms with Crippen LogP contribution in [0.3, 0.4) is 0 Å². The van der Waals surface area contributed by atoms with Gasteiger partial charge in [0, 0.05) is 22.5 Å². The third-order valence-electron chi connectivity index (χ3n) is 11.4. The highest BCUT2D eigenvalue weighted by Crippen LogP contribution is 2.63. The van der Waals surface area contributed by atoms with Crippen molar-refractivity contribution >= 4 is 21.5 Å². The van der Waals surface area contributed by atoms with Gasteiger partial charge in [0.05, 0.1) is 0 Å². The minimum absolute atomic E-state index is 0.199. The van der Waals surface area contributed by atoms with Crippen LogP contribution in [0, 0.1) is 11.8 Å². The van der Waals surface area contributed by atoms with Crippen molar-refractivity contribution in [2.24, 2.45) is 11.8 Å². The van der Waals surface area contributed by atoms with Gasteiger partial charge in [0.1, 0.15) is 5.76 Å². The van der Waals surface area contributed by atoms with Crippen LogP contribution < -0.4 is 0 Å². The third-order valence-corrected chi connectivity index (χ3v) is 11.4. The molecule has 0 radical (unpaired) electrons. The summed E-state index contributed by atoms with van der Waals surface area (Å²) < 4.78 is 7.52. The van der Waals surface area contributed by atoms with Crippen LogP contribution in [0.25, 0.3) is 43.8 Å². The van der Waals surface area contributed by atoms with E-state index in [-0.39, 0.29) is 5.41 Å². The Hall–Kier alpha value is -4.10. The van der Waals surface area contributed by atoms with Crippen molar-refractivity contribution < 1.29 is 4.74 Å². The summed E-state index contributed by atoms with van der Waals surface area (Å²) in [7, 11) is 0. The Bertz CT molecular complexity index is 2050. The molecule has 226 valence electrons. The Morgan fingerprint density at radius 1 is 0.622 bits per heavy atom. The molecule has 1 atom stereocenters. The molecule has 1 heterocycles. The van der Waals surface area contributed by atoms with E-state index in [4.69, 9.17) is 4.74 Å². The van der Waals surface area contributed by atoms with E-state index in [0.29, 0.717) is 11.8 Å². The van der Waals surface area contributed by atoms with Gasteiger partial charge in [-0.2, -0.15) is 0 Å². The minimum Gasteiger partial charge on any atom is -0.478 e. The highest BCUT2D eigenvalue weighted by Gasteiger charge is 2.52. The molecule has 1 aliphatic heterocycles. The first-order chi connectivity index (χ1) is 21.9. The quantitative estimate of drug-likeness (QED) is 0.184. The fourth-order valence-electron chi connectivity index (χ4n) is 8.99. The van der Waals surface area contributed by atoms with Crippen molar-refractivity contribution in [1.82, 2.24) is 0 Å². The zero-order chi connectivity index (χ0) is 31.1. The molecule has 0 bridgehead atoms. The molecule has 2 aliphatic carbocycles. The highest BCUT2D eigenvalue weighted by molar-refractivity contribution is 6.13. The van der Waals surface area contributed by atoms with E-state index < -0.39 is 5.60 Å². The van der Waals surface area contributed by atoms with Gasteiger partial charge in [-0.1, -0.05) is 108 Å². The summed E-state index contributed by atoms with van der Waals surface area (Å²) >= 11 is 0. The normalized spacial score (nSPS) is 19.0. The van der Waals surface area contributed by atoms with Gasteiger partial charge in [0.25, 0.3) is 0 Å². The predicted octanol–water partition coefficient (Wildman–Crippen LogP) is 12.2. The van der Waals surface area contributed by atoms with E-state index in [9.17, 15) is 0 Å². The molecule has 8 rings (SSSR count). The average molecular weight is 589 g/mol. The van der Waals surface area contributed by atoms with Crippen molar-refractivity contribution in [1.29, 1.82) is 0 Å². The summed E-state index contributed by atoms with van der Waals surface area (Å²) in [4.78, 5) is 0. The van der Waals surface area contributed by atoms with Gasteiger partial charge in [-0.05, 0) is 122 Å². The van der Waals surface area contributed by atoms with Gasteiger partial charge >= 0.3 is 0 Å². The van der Waals surface area contributed by atoms with Crippen LogP contribution >= 0.6 is 0 Å². The first kappa shape index (κ1) is 28.4. The fourth-order valence-corrected chi connectivity index (χ4v) is 8.99. The van der Waals surface area contributed by atoms with Crippen molar-refractivity contribution in [2.45, 2.75) is 78.2 Å². The van der Waals surface area contributed by atoms with E-state index in [1.54, 1.807) is 0 Å². The topological polar surface area (TPSA) is 9.23 Å². The number of hydrogen-bond donors (Lipinski definition) is 0. The molecule has 1 heteroatoms. The van der Waals surface area contributed by atoms with Gasteiger partial charge in [0.15, 0.2) is 5.60 Å². The molecule has 0 N–H and O–H groups in total. The minimum atomic E-state index is -0.641. The van der Waals surface area contributed by atoms with Gasteiger partial charge in [0.2, 0.25) is 0 Å². The molecule has 1 unspecified atom stereocenters. The van der Waals surface area contributed by atoms with Crippen LogP contribution in [-0.4, -0.2) is 0 Å². The Balaban J connectivity index is 1.52. The standard InChI is InChI=1S/C44H44O/c1-7-27(8-2)33-25-38(28(9-3)10-4)45-44(26-33)35-21-20-31-22-32(29-16-12-11-13-17-29)24-36-39(31)40(35)41-37(44)23-30-18-14-15-19-34(30)42(41)43(36,5)6/h11-28H,7-10H2,1-6H3. The van der Waals surface area contributed by atoms with Crippen molar-refractivity contribution in [3.8, 4) is 22.3 Å². The molecule has 0 amide bonds. The molecule has 5 aromatic rings. The number of ether oxygens (including phenoxy) is 1. The molecule has 5 aromatic carbocycles. The molecule has 0 saturated carbocycles. The molecule has 1 nitrogen and oxygen atoms in total. The first-order valence-electron chi connectivity index (χ1n) is 17.2. The second kappa shape index (κ2) is 10.2. The predicted molar refractivity (Wildman–Crippen MR) is 191 cm³/mol. The number of hydrogen-bond acceptors (Lipinski definition) is 1. The average Bonchev–Trinajstić information content (AvgIpc) is 3.32. The van der Waals surface area contributed by atoms with Crippen LogP contribution in [0.5, 0.6) is 0 Å². The zero-order valence-corrected chi connectivity index (χ0v) is 27.6. The smallest absolute Gasteiger partial charge is 0.179 e. The largest absolute Gasteiger partial charge is 0.478 e. The Morgan fingerprint density at radius 2 is 1.33 bits per heavy atom. The number of fused-ring (bicyclic) bond motifs is 4. The molecular weight excluding hydrogens is 544 g/mol. The second-order valence-corrected chi connectivity index (χ2v) is 14.1. The molecule has 0 saturated heterocycles. The second-order valence-electron chi connectivity index (χ2n) is 14.1. The highest BCUT2D eigenvalue weighted by atomic mass is 16.5.